The van der Waals surface area contributed by atoms with Crippen molar-refractivity contribution in [2.24, 2.45) is 0 Å². The van der Waals surface area contributed by atoms with E-state index in [0.29, 0.717) is 47.0 Å². The second kappa shape index (κ2) is 11.0. The van der Waals surface area contributed by atoms with Gasteiger partial charge in [0.2, 0.25) is 0 Å². The predicted molar refractivity (Wildman–Crippen MR) is 135 cm³/mol. The number of aliphatic hydroxyl groups excluding tert-OH is 1. The van der Waals surface area contributed by atoms with Crippen LogP contribution in [0.4, 0.5) is 0 Å². The molecule has 0 radical (unpaired) electrons. The van der Waals surface area contributed by atoms with E-state index in [1.54, 1.807) is 35.6 Å². The molecule has 1 fully saturated rings. The molecule has 33 heavy (non-hydrogen) atoms. The number of hydrogen-bond donors (Lipinski definition) is 2. The van der Waals surface area contributed by atoms with Gasteiger partial charge in [0.05, 0.1) is 11.9 Å². The molecular formula is C25H32ClN3O3S. The van der Waals surface area contributed by atoms with Gasteiger partial charge in [0.25, 0.3) is 5.56 Å². The largest absolute Gasteiger partial charge is 0.491 e. The number of aliphatic hydroxyl groups is 1. The Balaban J connectivity index is 1.48. The standard InChI is InChI=1S/C25H32ClN3O3S/c1-16(2)22-12-21-24(31)27-23(28-25(21)33-22)14-29(18-6-4-3-5-7-18)13-19(30)15-32-20-10-8-17(26)9-11-20/h8-12,16,18-19,30H,3-7,13-15H2,1-2H3,(H,27,28,31). The highest BCUT2D eigenvalue weighted by molar-refractivity contribution is 7.18. The third-order valence-electron chi connectivity index (χ3n) is 6.18. The van der Waals surface area contributed by atoms with Gasteiger partial charge in [0, 0.05) is 22.5 Å². The lowest BCUT2D eigenvalue weighted by Crippen LogP contribution is -2.43. The fourth-order valence-corrected chi connectivity index (χ4v) is 5.56. The molecule has 3 aromatic rings. The van der Waals surface area contributed by atoms with E-state index in [2.05, 4.69) is 23.7 Å². The number of benzene rings is 1. The number of aromatic nitrogens is 2. The van der Waals surface area contributed by atoms with Gasteiger partial charge >= 0.3 is 0 Å². The molecule has 8 heteroatoms. The Morgan fingerprint density at radius 3 is 2.67 bits per heavy atom. The van der Waals surface area contributed by atoms with Crippen molar-refractivity contribution in [1.82, 2.24) is 14.9 Å². The molecule has 0 bridgehead atoms. The Morgan fingerprint density at radius 1 is 1.24 bits per heavy atom. The number of hydrogen-bond acceptors (Lipinski definition) is 6. The monoisotopic (exact) mass is 489 g/mol. The minimum atomic E-state index is -0.660. The topological polar surface area (TPSA) is 78.5 Å². The van der Waals surface area contributed by atoms with E-state index in [0.717, 1.165) is 17.7 Å². The van der Waals surface area contributed by atoms with Crippen LogP contribution in [-0.2, 0) is 6.54 Å². The fraction of sp³-hybridized carbons (Fsp3) is 0.520. The fourth-order valence-electron chi connectivity index (χ4n) is 4.38. The second-order valence-electron chi connectivity index (χ2n) is 9.17. The Bertz CT molecular complexity index is 1110. The summed E-state index contributed by atoms with van der Waals surface area (Å²) in [6.45, 7) is 5.40. The average Bonchev–Trinajstić information content (AvgIpc) is 3.24. The van der Waals surface area contributed by atoms with E-state index in [-0.39, 0.29) is 12.2 Å². The molecule has 2 heterocycles. The molecule has 0 spiro atoms. The van der Waals surface area contributed by atoms with Crippen LogP contribution in [0.3, 0.4) is 0 Å². The van der Waals surface area contributed by atoms with Crippen LogP contribution in [0.2, 0.25) is 5.02 Å². The number of nitrogens with zero attached hydrogens (tertiary/aromatic N) is 2. The number of fused-ring (bicyclic) bond motifs is 1. The molecule has 1 aliphatic carbocycles. The van der Waals surface area contributed by atoms with Gasteiger partial charge < -0.3 is 14.8 Å². The lowest BCUT2D eigenvalue weighted by Gasteiger charge is -2.35. The van der Waals surface area contributed by atoms with Gasteiger partial charge in [-0.3, -0.25) is 9.69 Å². The van der Waals surface area contributed by atoms with E-state index < -0.39 is 6.10 Å². The number of nitrogens with one attached hydrogen (secondary N) is 1. The Hall–Kier alpha value is -1.93. The SMILES string of the molecule is CC(C)c1cc2c(=O)[nH]c(CN(CC(O)COc3ccc(Cl)cc3)C3CCCCC3)nc2s1. The first-order chi connectivity index (χ1) is 15.9. The highest BCUT2D eigenvalue weighted by atomic mass is 35.5. The van der Waals surface area contributed by atoms with E-state index in [1.807, 2.05) is 6.07 Å². The van der Waals surface area contributed by atoms with Gasteiger partial charge in [-0.15, -0.1) is 11.3 Å². The normalized spacial score (nSPS) is 16.1. The lowest BCUT2D eigenvalue weighted by molar-refractivity contribution is 0.0387. The van der Waals surface area contributed by atoms with Gasteiger partial charge in [-0.1, -0.05) is 44.7 Å². The molecule has 1 saturated carbocycles. The molecule has 0 aliphatic heterocycles. The third kappa shape index (κ3) is 6.35. The van der Waals surface area contributed by atoms with Crippen molar-refractivity contribution in [3.05, 3.63) is 56.4 Å². The first-order valence-corrected chi connectivity index (χ1v) is 12.9. The summed E-state index contributed by atoms with van der Waals surface area (Å²) in [6, 6.07) is 9.45. The van der Waals surface area contributed by atoms with Crippen LogP contribution in [-0.4, -0.2) is 45.3 Å². The zero-order valence-corrected chi connectivity index (χ0v) is 20.8. The van der Waals surface area contributed by atoms with E-state index >= 15 is 0 Å². The number of ether oxygens (including phenoxy) is 1. The molecule has 1 aromatic carbocycles. The Morgan fingerprint density at radius 2 is 1.97 bits per heavy atom. The van der Waals surface area contributed by atoms with E-state index in [4.69, 9.17) is 21.3 Å². The van der Waals surface area contributed by atoms with Crippen LogP contribution >= 0.6 is 22.9 Å². The molecule has 6 nitrogen and oxygen atoms in total. The summed E-state index contributed by atoms with van der Waals surface area (Å²) in [6.07, 6.45) is 5.14. The molecule has 1 aliphatic rings. The molecule has 1 unspecified atom stereocenters. The maximum absolute atomic E-state index is 12.7. The first-order valence-electron chi connectivity index (χ1n) is 11.7. The van der Waals surface area contributed by atoms with Gasteiger partial charge in [-0.25, -0.2) is 4.98 Å². The first kappa shape index (κ1) is 24.2. The number of halogens is 1. The van der Waals surface area contributed by atoms with Crippen molar-refractivity contribution in [2.45, 2.75) is 70.6 Å². The molecule has 178 valence electrons. The van der Waals surface area contributed by atoms with E-state index in [9.17, 15) is 9.90 Å². The second-order valence-corrected chi connectivity index (χ2v) is 10.7. The summed E-state index contributed by atoms with van der Waals surface area (Å²) in [4.78, 5) is 24.7. The smallest absolute Gasteiger partial charge is 0.259 e. The Kier molecular flexibility index (Phi) is 8.07. The molecule has 2 N–H and O–H groups in total. The van der Waals surface area contributed by atoms with Gasteiger partial charge in [-0.2, -0.15) is 0 Å². The summed E-state index contributed by atoms with van der Waals surface area (Å²) >= 11 is 7.52. The number of thiophene rings is 1. The molecule has 1 atom stereocenters. The zero-order chi connectivity index (χ0) is 23.4. The maximum Gasteiger partial charge on any atom is 0.259 e. The predicted octanol–water partition coefficient (Wildman–Crippen LogP) is 5.34. The van der Waals surface area contributed by atoms with Crippen molar-refractivity contribution >= 4 is 33.2 Å². The summed E-state index contributed by atoms with van der Waals surface area (Å²) in [5.74, 6) is 1.69. The maximum atomic E-state index is 12.7. The van der Waals surface area contributed by atoms with Gasteiger partial charge in [-0.05, 0) is 49.1 Å². The van der Waals surface area contributed by atoms with Crippen LogP contribution in [0.25, 0.3) is 10.2 Å². The van der Waals surface area contributed by atoms with Crippen LogP contribution in [0.5, 0.6) is 5.75 Å². The summed E-state index contributed by atoms with van der Waals surface area (Å²) in [5, 5.41) is 12.1. The van der Waals surface area contributed by atoms with E-state index in [1.165, 1.54) is 24.1 Å². The van der Waals surface area contributed by atoms with Crippen LogP contribution in [0.1, 0.15) is 62.6 Å². The number of H-pyrrole nitrogens is 1. The highest BCUT2D eigenvalue weighted by Gasteiger charge is 2.25. The van der Waals surface area contributed by atoms with Crippen molar-refractivity contribution in [1.29, 1.82) is 0 Å². The molecule has 0 amide bonds. The quantitative estimate of drug-likeness (QED) is 0.424. The molecule has 2 aromatic heterocycles. The molecular weight excluding hydrogens is 458 g/mol. The van der Waals surface area contributed by atoms with Crippen molar-refractivity contribution < 1.29 is 9.84 Å². The number of rotatable bonds is 9. The minimum absolute atomic E-state index is 0.0895. The van der Waals surface area contributed by atoms with Crippen LogP contribution < -0.4 is 10.3 Å². The lowest BCUT2D eigenvalue weighted by atomic mass is 9.94. The van der Waals surface area contributed by atoms with Crippen LogP contribution in [0.15, 0.2) is 35.1 Å². The summed E-state index contributed by atoms with van der Waals surface area (Å²) in [5.41, 5.74) is -0.0895. The van der Waals surface area contributed by atoms with Crippen molar-refractivity contribution in [3.8, 4) is 5.75 Å². The average molecular weight is 490 g/mol. The van der Waals surface area contributed by atoms with Crippen molar-refractivity contribution in [3.63, 3.8) is 0 Å². The molecule has 4 rings (SSSR count). The number of aromatic amines is 1. The van der Waals surface area contributed by atoms with Gasteiger partial charge in [0.1, 0.15) is 29.1 Å². The van der Waals surface area contributed by atoms with Gasteiger partial charge in [0.15, 0.2) is 0 Å². The zero-order valence-electron chi connectivity index (χ0n) is 19.2. The third-order valence-corrected chi connectivity index (χ3v) is 7.77. The highest BCUT2D eigenvalue weighted by Crippen LogP contribution is 2.28. The Labute approximate surface area is 203 Å². The van der Waals surface area contributed by atoms with Crippen molar-refractivity contribution in [2.75, 3.05) is 13.2 Å². The minimum Gasteiger partial charge on any atom is -0.491 e. The molecule has 0 saturated heterocycles. The van der Waals surface area contributed by atoms with Crippen LogP contribution in [0, 0.1) is 0 Å². The summed E-state index contributed by atoms with van der Waals surface area (Å²) < 4.78 is 5.76. The summed E-state index contributed by atoms with van der Waals surface area (Å²) in [7, 11) is 0.